The quantitative estimate of drug-likeness (QED) is 0.571. The first kappa shape index (κ1) is 14.1. The molecule has 0 N–H and O–H groups in total. The van der Waals surface area contributed by atoms with Crippen molar-refractivity contribution in [1.29, 1.82) is 0 Å². The average Bonchev–Trinajstić information content (AvgIpc) is 2.46. The van der Waals surface area contributed by atoms with Crippen LogP contribution in [0.5, 0.6) is 5.75 Å². The fourth-order valence-corrected chi connectivity index (χ4v) is 1.98. The molecule has 0 radical (unpaired) electrons. The van der Waals surface area contributed by atoms with Crippen LogP contribution in [0.1, 0.15) is 19.0 Å². The van der Waals surface area contributed by atoms with Crippen molar-refractivity contribution < 1.29 is 9.47 Å². The first-order valence-electron chi connectivity index (χ1n) is 6.50. The molecule has 0 fully saturated rings. The second-order valence-corrected chi connectivity index (χ2v) is 4.49. The summed E-state index contributed by atoms with van der Waals surface area (Å²) in [5.74, 6) is 1.20. The van der Waals surface area contributed by atoms with Crippen LogP contribution in [0.15, 0.2) is 30.3 Å². The molecule has 2 rings (SSSR count). The molecule has 0 unspecified atom stereocenters. The van der Waals surface area contributed by atoms with Crippen molar-refractivity contribution in [3.63, 3.8) is 0 Å². The van der Waals surface area contributed by atoms with E-state index in [1.807, 2.05) is 30.3 Å². The zero-order valence-corrected chi connectivity index (χ0v) is 11.8. The Morgan fingerprint density at radius 2 is 2.00 bits per heavy atom. The van der Waals surface area contributed by atoms with E-state index in [2.05, 4.69) is 11.9 Å². The molecule has 0 amide bonds. The van der Waals surface area contributed by atoms with Gasteiger partial charge in [0.2, 0.25) is 0 Å². The van der Waals surface area contributed by atoms with Crippen LogP contribution in [0.25, 0.3) is 10.9 Å². The van der Waals surface area contributed by atoms with Crippen LogP contribution in [-0.4, -0.2) is 24.8 Å². The summed E-state index contributed by atoms with van der Waals surface area (Å²) in [6.45, 7) is 3.99. The van der Waals surface area contributed by atoms with E-state index in [1.165, 1.54) is 0 Å². The van der Waals surface area contributed by atoms with Crippen molar-refractivity contribution in [2.45, 2.75) is 19.2 Å². The smallest absolute Gasteiger partial charge is 0.130 e. The van der Waals surface area contributed by atoms with Gasteiger partial charge in [0.05, 0.1) is 23.7 Å². The second kappa shape index (κ2) is 7.31. The fraction of sp³-hybridized carbons (Fsp3) is 0.400. The molecule has 1 aromatic carbocycles. The van der Waals surface area contributed by atoms with E-state index in [4.69, 9.17) is 21.1 Å². The molecule has 0 aliphatic heterocycles. The van der Waals surface area contributed by atoms with E-state index in [0.29, 0.717) is 19.1 Å². The molecular formula is C15H18ClNO2. The molecule has 0 aliphatic rings. The lowest BCUT2D eigenvalue weighted by atomic mass is 10.2. The Kier molecular flexibility index (Phi) is 5.43. The molecule has 0 saturated carbocycles. The van der Waals surface area contributed by atoms with Crippen LogP contribution in [0.3, 0.4) is 0 Å². The van der Waals surface area contributed by atoms with Crippen molar-refractivity contribution in [2.24, 2.45) is 0 Å². The Bertz CT molecular complexity index is 531. The van der Waals surface area contributed by atoms with Crippen molar-refractivity contribution in [2.75, 3.05) is 19.8 Å². The van der Waals surface area contributed by atoms with E-state index in [-0.39, 0.29) is 0 Å². The van der Waals surface area contributed by atoms with Crippen LogP contribution in [0.4, 0.5) is 0 Å². The number of hydrogen-bond donors (Lipinski definition) is 0. The van der Waals surface area contributed by atoms with Gasteiger partial charge in [-0.3, -0.25) is 4.98 Å². The van der Waals surface area contributed by atoms with Gasteiger partial charge in [-0.05, 0) is 18.6 Å². The van der Waals surface area contributed by atoms with E-state index >= 15 is 0 Å². The first-order chi connectivity index (χ1) is 9.35. The van der Waals surface area contributed by atoms with Crippen molar-refractivity contribution in [3.8, 4) is 5.75 Å². The average molecular weight is 280 g/mol. The number of hydrogen-bond acceptors (Lipinski definition) is 3. The maximum atomic E-state index is 5.86. The predicted molar refractivity (Wildman–Crippen MR) is 77.9 cm³/mol. The van der Waals surface area contributed by atoms with Crippen LogP contribution in [0, 0.1) is 0 Å². The summed E-state index contributed by atoms with van der Waals surface area (Å²) in [6, 6.07) is 9.80. The lowest BCUT2D eigenvalue weighted by Crippen LogP contribution is -2.07. The van der Waals surface area contributed by atoms with Crippen LogP contribution in [0.2, 0.25) is 0 Å². The molecule has 0 saturated heterocycles. The number of ether oxygens (including phenoxy) is 2. The van der Waals surface area contributed by atoms with Gasteiger partial charge in [-0.25, -0.2) is 0 Å². The maximum Gasteiger partial charge on any atom is 0.130 e. The highest BCUT2D eigenvalue weighted by atomic mass is 35.5. The molecule has 1 heterocycles. The lowest BCUT2D eigenvalue weighted by molar-refractivity contribution is 0.101. The minimum Gasteiger partial charge on any atom is -0.490 e. The number of halogens is 1. The standard InChI is InChI=1S/C15H18ClNO2/c1-2-7-18-8-9-19-15-10-12(11-16)17-14-6-4-3-5-13(14)15/h3-6,10H,2,7-9,11H2,1H3. The summed E-state index contributed by atoms with van der Waals surface area (Å²) in [6.07, 6.45) is 1.02. The Morgan fingerprint density at radius 3 is 2.79 bits per heavy atom. The summed E-state index contributed by atoms with van der Waals surface area (Å²) in [5.41, 5.74) is 1.73. The Hall–Kier alpha value is -1.32. The zero-order chi connectivity index (χ0) is 13.5. The topological polar surface area (TPSA) is 31.4 Å². The number of pyridine rings is 1. The molecule has 3 nitrogen and oxygen atoms in total. The number of aromatic nitrogens is 1. The Labute approximate surface area is 118 Å². The van der Waals surface area contributed by atoms with Gasteiger partial charge >= 0.3 is 0 Å². The number of benzene rings is 1. The summed E-state index contributed by atoms with van der Waals surface area (Å²) in [7, 11) is 0. The molecule has 2 aromatic rings. The Balaban J connectivity index is 2.11. The van der Waals surface area contributed by atoms with Gasteiger partial charge < -0.3 is 9.47 Å². The van der Waals surface area contributed by atoms with Crippen LogP contribution < -0.4 is 4.74 Å². The number of fused-ring (bicyclic) bond motifs is 1. The van der Waals surface area contributed by atoms with Crippen LogP contribution in [-0.2, 0) is 10.6 Å². The van der Waals surface area contributed by atoms with Gasteiger partial charge in [0.1, 0.15) is 12.4 Å². The summed E-state index contributed by atoms with van der Waals surface area (Å²) >= 11 is 5.86. The van der Waals surface area contributed by atoms with Gasteiger partial charge in [0.25, 0.3) is 0 Å². The van der Waals surface area contributed by atoms with Crippen LogP contribution >= 0.6 is 11.6 Å². The molecule has 102 valence electrons. The zero-order valence-electron chi connectivity index (χ0n) is 11.1. The van der Waals surface area contributed by atoms with E-state index < -0.39 is 0 Å². The lowest BCUT2D eigenvalue weighted by Gasteiger charge is -2.10. The molecular weight excluding hydrogens is 262 g/mol. The molecule has 1 aromatic heterocycles. The molecule has 0 aliphatic carbocycles. The van der Waals surface area contributed by atoms with Gasteiger partial charge in [-0.1, -0.05) is 19.1 Å². The molecule has 19 heavy (non-hydrogen) atoms. The molecule has 0 spiro atoms. The number of rotatable bonds is 7. The monoisotopic (exact) mass is 279 g/mol. The summed E-state index contributed by atoms with van der Waals surface area (Å²) < 4.78 is 11.2. The van der Waals surface area contributed by atoms with Gasteiger partial charge in [-0.2, -0.15) is 0 Å². The number of para-hydroxylation sites is 1. The highest BCUT2D eigenvalue weighted by molar-refractivity contribution is 6.17. The molecule has 4 heteroatoms. The minimum absolute atomic E-state index is 0.382. The van der Waals surface area contributed by atoms with Gasteiger partial charge in [0, 0.05) is 18.1 Å². The summed E-state index contributed by atoms with van der Waals surface area (Å²) in [4.78, 5) is 4.47. The maximum absolute atomic E-state index is 5.86. The highest BCUT2D eigenvalue weighted by Gasteiger charge is 2.06. The SMILES string of the molecule is CCCOCCOc1cc(CCl)nc2ccccc12. The minimum atomic E-state index is 0.382. The molecule has 0 bridgehead atoms. The van der Waals surface area contributed by atoms with Gasteiger partial charge in [-0.15, -0.1) is 11.6 Å². The van der Waals surface area contributed by atoms with E-state index in [1.54, 1.807) is 0 Å². The van der Waals surface area contributed by atoms with Crippen molar-refractivity contribution in [1.82, 2.24) is 4.98 Å². The largest absolute Gasteiger partial charge is 0.490 e. The highest BCUT2D eigenvalue weighted by Crippen LogP contribution is 2.25. The normalized spacial score (nSPS) is 10.8. The number of nitrogens with zero attached hydrogens (tertiary/aromatic N) is 1. The molecule has 0 atom stereocenters. The third-order valence-electron chi connectivity index (χ3n) is 2.70. The third kappa shape index (κ3) is 3.82. The fourth-order valence-electron chi connectivity index (χ4n) is 1.84. The summed E-state index contributed by atoms with van der Waals surface area (Å²) in [5, 5.41) is 1.01. The third-order valence-corrected chi connectivity index (χ3v) is 2.98. The Morgan fingerprint density at radius 1 is 1.16 bits per heavy atom. The van der Waals surface area contributed by atoms with Crippen molar-refractivity contribution in [3.05, 3.63) is 36.0 Å². The second-order valence-electron chi connectivity index (χ2n) is 4.22. The number of alkyl halides is 1. The van der Waals surface area contributed by atoms with Gasteiger partial charge in [0.15, 0.2) is 0 Å². The van der Waals surface area contributed by atoms with Crippen molar-refractivity contribution >= 4 is 22.5 Å². The first-order valence-corrected chi connectivity index (χ1v) is 7.03. The van der Waals surface area contributed by atoms with E-state index in [9.17, 15) is 0 Å². The predicted octanol–water partition coefficient (Wildman–Crippen LogP) is 3.78. The van der Waals surface area contributed by atoms with E-state index in [0.717, 1.165) is 35.4 Å².